The molecule has 1 saturated carbocycles. The van der Waals surface area contributed by atoms with Gasteiger partial charge < -0.3 is 14.8 Å². The molecule has 1 aliphatic rings. The van der Waals surface area contributed by atoms with E-state index in [0.29, 0.717) is 17.6 Å². The van der Waals surface area contributed by atoms with Crippen LogP contribution in [0.4, 0.5) is 0 Å². The lowest BCUT2D eigenvalue weighted by atomic mass is 10.0. The number of nitrogens with one attached hydrogen (secondary N) is 1. The molecule has 0 spiro atoms. The zero-order chi connectivity index (χ0) is 15.6. The van der Waals surface area contributed by atoms with Crippen molar-refractivity contribution in [3.63, 3.8) is 0 Å². The molecule has 0 bridgehead atoms. The highest BCUT2D eigenvalue weighted by Gasteiger charge is 2.36. The molecule has 0 aromatic carbocycles. The summed E-state index contributed by atoms with van der Waals surface area (Å²) in [5, 5.41) is 11.4. The van der Waals surface area contributed by atoms with E-state index in [2.05, 4.69) is 12.2 Å². The van der Waals surface area contributed by atoms with Gasteiger partial charge in [0, 0.05) is 17.5 Å². The first kappa shape index (κ1) is 15.4. The summed E-state index contributed by atoms with van der Waals surface area (Å²) in [4.78, 5) is 22.5. The maximum Gasteiger partial charge on any atom is 0.305 e. The Labute approximate surface area is 124 Å². The van der Waals surface area contributed by atoms with Gasteiger partial charge in [0.2, 0.25) is 5.91 Å². The summed E-state index contributed by atoms with van der Waals surface area (Å²) in [6, 6.07) is 3.78. The van der Waals surface area contributed by atoms with Crippen LogP contribution in [0.5, 0.6) is 0 Å². The summed E-state index contributed by atoms with van der Waals surface area (Å²) in [6.07, 6.45) is 3.99. The highest BCUT2D eigenvalue weighted by atomic mass is 16.4. The number of carbonyl (C=O) groups is 2. The third kappa shape index (κ3) is 4.48. The summed E-state index contributed by atoms with van der Waals surface area (Å²) in [6.45, 7) is 5.53. The summed E-state index contributed by atoms with van der Waals surface area (Å²) in [7, 11) is 0. The van der Waals surface area contributed by atoms with Gasteiger partial charge in [0.25, 0.3) is 0 Å². The van der Waals surface area contributed by atoms with E-state index in [9.17, 15) is 9.59 Å². The van der Waals surface area contributed by atoms with Gasteiger partial charge >= 0.3 is 5.97 Å². The second-order valence-electron chi connectivity index (χ2n) is 6.34. The zero-order valence-electron chi connectivity index (χ0n) is 12.6. The number of aliphatic carboxylic acids is 1. The smallest absolute Gasteiger partial charge is 0.305 e. The SMILES string of the molecule is CC1CC1c1ccc(C=CC(=O)NC(C)(C)CC(=O)O)o1. The second-order valence-corrected chi connectivity index (χ2v) is 6.34. The van der Waals surface area contributed by atoms with Gasteiger partial charge in [-0.3, -0.25) is 9.59 Å². The number of carboxylic acids is 1. The molecule has 1 aromatic heterocycles. The quantitative estimate of drug-likeness (QED) is 0.790. The van der Waals surface area contributed by atoms with Crippen molar-refractivity contribution in [3.05, 3.63) is 29.7 Å². The molecule has 2 rings (SSSR count). The molecule has 1 aromatic rings. The molecule has 5 nitrogen and oxygen atoms in total. The lowest BCUT2D eigenvalue weighted by Gasteiger charge is -2.23. The first-order chi connectivity index (χ1) is 9.77. The van der Waals surface area contributed by atoms with Gasteiger partial charge in [-0.1, -0.05) is 6.92 Å². The Hall–Kier alpha value is -2.04. The number of hydrogen-bond donors (Lipinski definition) is 2. The van der Waals surface area contributed by atoms with E-state index in [1.807, 2.05) is 12.1 Å². The molecule has 5 heteroatoms. The molecule has 21 heavy (non-hydrogen) atoms. The Morgan fingerprint density at radius 2 is 2.14 bits per heavy atom. The van der Waals surface area contributed by atoms with Crippen LogP contribution >= 0.6 is 0 Å². The van der Waals surface area contributed by atoms with Crippen molar-refractivity contribution in [2.45, 2.75) is 45.1 Å². The maximum absolute atomic E-state index is 11.8. The molecule has 1 heterocycles. The number of furan rings is 1. The Morgan fingerprint density at radius 1 is 1.48 bits per heavy atom. The minimum atomic E-state index is -0.946. The summed E-state index contributed by atoms with van der Waals surface area (Å²) < 4.78 is 5.66. The van der Waals surface area contributed by atoms with Gasteiger partial charge in [-0.15, -0.1) is 0 Å². The van der Waals surface area contributed by atoms with Crippen LogP contribution in [-0.4, -0.2) is 22.5 Å². The molecule has 2 unspecified atom stereocenters. The summed E-state index contributed by atoms with van der Waals surface area (Å²) in [5.74, 6) is 1.50. The standard InChI is InChI=1S/C16H21NO4/c1-10-8-12(10)13-6-4-11(21-13)5-7-14(18)17-16(2,3)9-15(19)20/h4-7,10,12H,8-9H2,1-3H3,(H,17,18)(H,19,20). The van der Waals surface area contributed by atoms with Crippen LogP contribution in [0, 0.1) is 5.92 Å². The van der Waals surface area contributed by atoms with Crippen LogP contribution < -0.4 is 5.32 Å². The van der Waals surface area contributed by atoms with Crippen LogP contribution in [0.3, 0.4) is 0 Å². The van der Waals surface area contributed by atoms with E-state index in [1.54, 1.807) is 19.9 Å². The number of hydrogen-bond acceptors (Lipinski definition) is 3. The monoisotopic (exact) mass is 291 g/mol. The van der Waals surface area contributed by atoms with Crippen LogP contribution in [0.15, 0.2) is 22.6 Å². The molecule has 0 aliphatic heterocycles. The van der Waals surface area contributed by atoms with Crippen LogP contribution in [-0.2, 0) is 9.59 Å². The molecule has 0 radical (unpaired) electrons. The fourth-order valence-electron chi connectivity index (χ4n) is 2.33. The largest absolute Gasteiger partial charge is 0.481 e. The second kappa shape index (κ2) is 5.76. The van der Waals surface area contributed by atoms with E-state index in [-0.39, 0.29) is 12.3 Å². The van der Waals surface area contributed by atoms with Gasteiger partial charge in [0.1, 0.15) is 11.5 Å². The van der Waals surface area contributed by atoms with Crippen molar-refractivity contribution in [1.29, 1.82) is 0 Å². The van der Waals surface area contributed by atoms with Gasteiger partial charge in [0.15, 0.2) is 0 Å². The molecule has 0 saturated heterocycles. The molecule has 114 valence electrons. The average Bonchev–Trinajstić information content (AvgIpc) is 2.88. The summed E-state index contributed by atoms with van der Waals surface area (Å²) >= 11 is 0. The van der Waals surface area contributed by atoms with Crippen molar-refractivity contribution >= 4 is 18.0 Å². The fourth-order valence-corrected chi connectivity index (χ4v) is 2.33. The van der Waals surface area contributed by atoms with E-state index in [0.717, 1.165) is 12.2 Å². The number of carboxylic acid groups (broad SMARTS) is 1. The first-order valence-electron chi connectivity index (χ1n) is 7.08. The van der Waals surface area contributed by atoms with E-state index in [4.69, 9.17) is 9.52 Å². The zero-order valence-corrected chi connectivity index (χ0v) is 12.6. The third-order valence-corrected chi connectivity index (χ3v) is 3.58. The Balaban J connectivity index is 1.90. The minimum absolute atomic E-state index is 0.128. The normalized spacial score (nSPS) is 21.5. The minimum Gasteiger partial charge on any atom is -0.481 e. The van der Waals surface area contributed by atoms with E-state index in [1.165, 1.54) is 6.08 Å². The highest BCUT2D eigenvalue weighted by Crippen LogP contribution is 2.47. The van der Waals surface area contributed by atoms with Gasteiger partial charge in [-0.05, 0) is 44.4 Å². The topological polar surface area (TPSA) is 79.5 Å². The predicted octanol–water partition coefficient (Wildman–Crippen LogP) is 2.79. The highest BCUT2D eigenvalue weighted by molar-refractivity contribution is 5.92. The first-order valence-corrected chi connectivity index (χ1v) is 7.08. The molecule has 1 fully saturated rings. The predicted molar refractivity (Wildman–Crippen MR) is 78.7 cm³/mol. The molecule has 2 atom stereocenters. The molecule has 1 aliphatic carbocycles. The van der Waals surface area contributed by atoms with Gasteiger partial charge in [0.05, 0.1) is 6.42 Å². The van der Waals surface area contributed by atoms with Crippen molar-refractivity contribution < 1.29 is 19.1 Å². The Morgan fingerprint density at radius 3 is 2.71 bits per heavy atom. The van der Waals surface area contributed by atoms with Crippen LogP contribution in [0.1, 0.15) is 51.1 Å². The van der Waals surface area contributed by atoms with Crippen molar-refractivity contribution in [1.82, 2.24) is 5.32 Å². The van der Waals surface area contributed by atoms with Gasteiger partial charge in [-0.25, -0.2) is 0 Å². The number of carbonyl (C=O) groups excluding carboxylic acids is 1. The Bertz CT molecular complexity index is 571. The number of amides is 1. The molecular formula is C16H21NO4. The molecule has 1 amide bonds. The lowest BCUT2D eigenvalue weighted by molar-refractivity contribution is -0.138. The Kier molecular flexibility index (Phi) is 4.21. The van der Waals surface area contributed by atoms with Gasteiger partial charge in [-0.2, -0.15) is 0 Å². The van der Waals surface area contributed by atoms with Crippen LogP contribution in [0.25, 0.3) is 6.08 Å². The fraction of sp³-hybridized carbons (Fsp3) is 0.500. The van der Waals surface area contributed by atoms with Crippen molar-refractivity contribution in [2.24, 2.45) is 5.92 Å². The average molecular weight is 291 g/mol. The summed E-state index contributed by atoms with van der Waals surface area (Å²) in [5.41, 5.74) is -0.787. The third-order valence-electron chi connectivity index (χ3n) is 3.58. The molecular weight excluding hydrogens is 270 g/mol. The van der Waals surface area contributed by atoms with Crippen molar-refractivity contribution in [2.75, 3.05) is 0 Å². The van der Waals surface area contributed by atoms with Crippen LogP contribution in [0.2, 0.25) is 0 Å². The van der Waals surface area contributed by atoms with E-state index >= 15 is 0 Å². The maximum atomic E-state index is 11.8. The number of rotatable bonds is 6. The lowest BCUT2D eigenvalue weighted by Crippen LogP contribution is -2.44. The van der Waals surface area contributed by atoms with E-state index < -0.39 is 11.5 Å². The van der Waals surface area contributed by atoms with Crippen molar-refractivity contribution in [3.8, 4) is 0 Å². The molecule has 2 N–H and O–H groups in total.